The summed E-state index contributed by atoms with van der Waals surface area (Å²) in [4.78, 5) is 10.8. The molecule has 1 N–H and O–H groups in total. The number of carboxylic acid groups (broad SMARTS) is 1. The summed E-state index contributed by atoms with van der Waals surface area (Å²) < 4.78 is 11.0. The van der Waals surface area contributed by atoms with E-state index in [-0.39, 0.29) is 6.10 Å². The maximum atomic E-state index is 10.8. The topological polar surface area (TPSA) is 55.8 Å². The van der Waals surface area contributed by atoms with Crippen molar-refractivity contribution in [3.63, 3.8) is 0 Å². The number of carboxylic acids is 1. The smallest absolute Gasteiger partial charge is 0.332 e. The third kappa shape index (κ3) is 3.70. The van der Waals surface area contributed by atoms with Crippen molar-refractivity contribution in [1.82, 2.24) is 0 Å². The Kier molecular flexibility index (Phi) is 4.43. The van der Waals surface area contributed by atoms with Crippen molar-refractivity contribution >= 4 is 5.97 Å². The van der Waals surface area contributed by atoms with Crippen molar-refractivity contribution in [3.8, 4) is 5.75 Å². The molecule has 2 unspecified atom stereocenters. The van der Waals surface area contributed by atoms with Crippen LogP contribution in [-0.2, 0) is 9.53 Å². The summed E-state index contributed by atoms with van der Waals surface area (Å²) in [5.74, 6) is 0.416. The van der Waals surface area contributed by atoms with Crippen LogP contribution in [0.3, 0.4) is 0 Å². The predicted octanol–water partition coefficient (Wildman–Crippen LogP) is 2.82. The molecule has 19 heavy (non-hydrogen) atoms. The number of aliphatic carboxylic acids is 1. The maximum Gasteiger partial charge on any atom is 0.332 e. The molecule has 1 heterocycles. The summed E-state index contributed by atoms with van der Waals surface area (Å²) in [5, 5.41) is 8.83. The first kappa shape index (κ1) is 13.9. The number of hydrogen-bond donors (Lipinski definition) is 1. The standard InChI is InChI=1S/C15H20O4/c1-10(2)11-3-5-12(6-4-11)18-9-13-7-8-14(19-13)15(16)17/h3-6,10,13-14H,7-9H2,1-2H3,(H,16,17). The third-order valence-electron chi connectivity index (χ3n) is 3.37. The van der Waals surface area contributed by atoms with E-state index >= 15 is 0 Å². The molecule has 1 aliphatic heterocycles. The van der Waals surface area contributed by atoms with Gasteiger partial charge >= 0.3 is 5.97 Å². The highest BCUT2D eigenvalue weighted by molar-refractivity contribution is 5.72. The molecule has 0 spiro atoms. The van der Waals surface area contributed by atoms with E-state index in [1.165, 1.54) is 5.56 Å². The van der Waals surface area contributed by atoms with Crippen molar-refractivity contribution in [2.75, 3.05) is 6.61 Å². The van der Waals surface area contributed by atoms with Gasteiger partial charge in [-0.15, -0.1) is 0 Å². The minimum absolute atomic E-state index is 0.120. The zero-order chi connectivity index (χ0) is 13.8. The maximum absolute atomic E-state index is 10.8. The molecule has 1 fully saturated rings. The molecular weight excluding hydrogens is 244 g/mol. The van der Waals surface area contributed by atoms with E-state index in [2.05, 4.69) is 26.0 Å². The predicted molar refractivity (Wildman–Crippen MR) is 71.6 cm³/mol. The van der Waals surface area contributed by atoms with Crippen LogP contribution in [0.5, 0.6) is 5.75 Å². The van der Waals surface area contributed by atoms with Gasteiger partial charge in [0.05, 0.1) is 6.10 Å². The molecular formula is C15H20O4. The lowest BCUT2D eigenvalue weighted by molar-refractivity contribution is -0.149. The van der Waals surface area contributed by atoms with Gasteiger partial charge < -0.3 is 14.6 Å². The van der Waals surface area contributed by atoms with E-state index in [0.717, 1.165) is 12.2 Å². The van der Waals surface area contributed by atoms with Crippen LogP contribution in [0.4, 0.5) is 0 Å². The van der Waals surface area contributed by atoms with Crippen molar-refractivity contribution < 1.29 is 19.4 Å². The van der Waals surface area contributed by atoms with E-state index < -0.39 is 12.1 Å². The summed E-state index contributed by atoms with van der Waals surface area (Å²) in [6, 6.07) is 7.99. The van der Waals surface area contributed by atoms with Crippen LogP contribution in [-0.4, -0.2) is 29.9 Å². The van der Waals surface area contributed by atoms with Gasteiger partial charge in [-0.2, -0.15) is 0 Å². The molecule has 0 aromatic heterocycles. The molecule has 4 heteroatoms. The van der Waals surface area contributed by atoms with Crippen molar-refractivity contribution in [1.29, 1.82) is 0 Å². The summed E-state index contributed by atoms with van der Waals surface area (Å²) >= 11 is 0. The second-order valence-corrected chi connectivity index (χ2v) is 5.20. The Labute approximate surface area is 113 Å². The average molecular weight is 264 g/mol. The molecule has 4 nitrogen and oxygen atoms in total. The highest BCUT2D eigenvalue weighted by Gasteiger charge is 2.30. The first-order chi connectivity index (χ1) is 9.06. The summed E-state index contributed by atoms with van der Waals surface area (Å²) in [6.07, 6.45) is 0.513. The second-order valence-electron chi connectivity index (χ2n) is 5.20. The Hall–Kier alpha value is -1.55. The van der Waals surface area contributed by atoms with Gasteiger partial charge in [-0.3, -0.25) is 0 Å². The number of ether oxygens (including phenoxy) is 2. The van der Waals surface area contributed by atoms with Gasteiger partial charge in [0, 0.05) is 0 Å². The Morgan fingerprint density at radius 1 is 1.37 bits per heavy atom. The Bertz CT molecular complexity index is 424. The zero-order valence-corrected chi connectivity index (χ0v) is 11.3. The van der Waals surface area contributed by atoms with Crippen LogP contribution < -0.4 is 4.74 Å². The minimum Gasteiger partial charge on any atom is -0.491 e. The molecule has 2 rings (SSSR count). The largest absolute Gasteiger partial charge is 0.491 e. The molecule has 1 aliphatic rings. The van der Waals surface area contributed by atoms with E-state index in [1.54, 1.807) is 0 Å². The Morgan fingerprint density at radius 3 is 2.58 bits per heavy atom. The molecule has 0 radical (unpaired) electrons. The Morgan fingerprint density at radius 2 is 2.05 bits per heavy atom. The summed E-state index contributed by atoms with van der Waals surface area (Å²) in [5.41, 5.74) is 1.27. The Balaban J connectivity index is 1.81. The van der Waals surface area contributed by atoms with Crippen LogP contribution in [0, 0.1) is 0 Å². The SMILES string of the molecule is CC(C)c1ccc(OCC2CCC(C(=O)O)O2)cc1. The van der Waals surface area contributed by atoms with Crippen molar-refractivity contribution in [2.24, 2.45) is 0 Å². The zero-order valence-electron chi connectivity index (χ0n) is 11.3. The second kappa shape index (κ2) is 6.06. The molecule has 0 saturated carbocycles. The molecule has 0 aliphatic carbocycles. The van der Waals surface area contributed by atoms with Gasteiger partial charge in [-0.1, -0.05) is 26.0 Å². The first-order valence-corrected chi connectivity index (χ1v) is 6.67. The van der Waals surface area contributed by atoms with E-state index in [0.29, 0.717) is 18.9 Å². The van der Waals surface area contributed by atoms with E-state index in [4.69, 9.17) is 14.6 Å². The highest BCUT2D eigenvalue weighted by Crippen LogP contribution is 2.22. The van der Waals surface area contributed by atoms with E-state index in [1.807, 2.05) is 12.1 Å². The van der Waals surface area contributed by atoms with Crippen molar-refractivity contribution in [3.05, 3.63) is 29.8 Å². The molecule has 0 amide bonds. The number of hydrogen-bond acceptors (Lipinski definition) is 3. The molecule has 2 atom stereocenters. The minimum atomic E-state index is -0.885. The molecule has 1 aromatic rings. The summed E-state index contributed by atoms with van der Waals surface area (Å²) in [7, 11) is 0. The van der Waals surface area contributed by atoms with Crippen LogP contribution in [0.2, 0.25) is 0 Å². The lowest BCUT2D eigenvalue weighted by Gasteiger charge is -2.13. The molecule has 1 aromatic carbocycles. The van der Waals surface area contributed by atoms with Crippen molar-refractivity contribution in [2.45, 2.75) is 44.8 Å². The monoisotopic (exact) mass is 264 g/mol. The van der Waals surface area contributed by atoms with Gasteiger partial charge in [0.15, 0.2) is 6.10 Å². The summed E-state index contributed by atoms with van der Waals surface area (Å²) in [6.45, 7) is 4.70. The number of benzene rings is 1. The fourth-order valence-electron chi connectivity index (χ4n) is 2.15. The van der Waals surface area contributed by atoms with Gasteiger partial charge in [0.2, 0.25) is 0 Å². The average Bonchev–Trinajstić information content (AvgIpc) is 2.86. The van der Waals surface area contributed by atoms with Gasteiger partial charge in [0.1, 0.15) is 12.4 Å². The number of rotatable bonds is 5. The molecule has 0 bridgehead atoms. The normalized spacial score (nSPS) is 22.7. The van der Waals surface area contributed by atoms with Crippen LogP contribution >= 0.6 is 0 Å². The molecule has 1 saturated heterocycles. The fraction of sp³-hybridized carbons (Fsp3) is 0.533. The number of carbonyl (C=O) groups is 1. The van der Waals surface area contributed by atoms with Gasteiger partial charge in [-0.25, -0.2) is 4.79 Å². The van der Waals surface area contributed by atoms with Gasteiger partial charge in [0.25, 0.3) is 0 Å². The lowest BCUT2D eigenvalue weighted by atomic mass is 10.0. The van der Waals surface area contributed by atoms with Crippen LogP contribution in [0.15, 0.2) is 24.3 Å². The first-order valence-electron chi connectivity index (χ1n) is 6.67. The highest BCUT2D eigenvalue weighted by atomic mass is 16.6. The van der Waals surface area contributed by atoms with Crippen LogP contribution in [0.25, 0.3) is 0 Å². The van der Waals surface area contributed by atoms with Gasteiger partial charge in [-0.05, 0) is 36.5 Å². The quantitative estimate of drug-likeness (QED) is 0.888. The third-order valence-corrected chi connectivity index (χ3v) is 3.37. The molecule has 104 valence electrons. The lowest BCUT2D eigenvalue weighted by Crippen LogP contribution is -2.23. The fourth-order valence-corrected chi connectivity index (χ4v) is 2.15. The van der Waals surface area contributed by atoms with E-state index in [9.17, 15) is 4.79 Å². The van der Waals surface area contributed by atoms with Crippen LogP contribution in [0.1, 0.15) is 38.2 Å².